The van der Waals surface area contributed by atoms with Crippen LogP contribution in [0.5, 0.6) is 0 Å². The van der Waals surface area contributed by atoms with E-state index in [0.717, 1.165) is 18.4 Å². The summed E-state index contributed by atoms with van der Waals surface area (Å²) in [6, 6.07) is 5.85. The Morgan fingerprint density at radius 3 is 2.84 bits per heavy atom. The van der Waals surface area contributed by atoms with E-state index < -0.39 is 0 Å². The number of fused-ring (bicyclic) bond motifs is 2. The Hall–Kier alpha value is -3.29. The predicted octanol–water partition coefficient (Wildman–Crippen LogP) is 1.75. The lowest BCUT2D eigenvalue weighted by atomic mass is 10.1. The van der Waals surface area contributed by atoms with Crippen LogP contribution >= 0.6 is 0 Å². The van der Waals surface area contributed by atoms with E-state index in [-0.39, 0.29) is 11.6 Å². The highest BCUT2D eigenvalue weighted by Gasteiger charge is 2.30. The molecule has 0 bridgehead atoms. The van der Waals surface area contributed by atoms with Crippen LogP contribution in [-0.2, 0) is 0 Å². The second-order valence-corrected chi connectivity index (χ2v) is 6.33. The van der Waals surface area contributed by atoms with Gasteiger partial charge in [0.15, 0.2) is 17.0 Å². The predicted molar refractivity (Wildman–Crippen MR) is 93.6 cm³/mol. The second kappa shape index (κ2) is 4.85. The number of hydrogen-bond donors (Lipinski definition) is 1. The molecule has 8 nitrogen and oxygen atoms in total. The highest BCUT2D eigenvalue weighted by molar-refractivity contribution is 5.84. The Kier molecular flexibility index (Phi) is 2.74. The Bertz CT molecular complexity index is 1200. The first-order valence-electron chi connectivity index (χ1n) is 8.11. The molecular formula is C17H15N7O. The molecule has 3 heterocycles. The molecule has 0 amide bonds. The van der Waals surface area contributed by atoms with Gasteiger partial charge < -0.3 is 5.73 Å². The number of benzene rings is 1. The van der Waals surface area contributed by atoms with Crippen LogP contribution < -0.4 is 11.3 Å². The highest BCUT2D eigenvalue weighted by atomic mass is 16.1. The molecule has 5 rings (SSSR count). The molecule has 3 aromatic heterocycles. The zero-order chi connectivity index (χ0) is 17.1. The van der Waals surface area contributed by atoms with Gasteiger partial charge in [-0.15, -0.1) is 0 Å². The minimum absolute atomic E-state index is 0.0236. The number of imidazole rings is 1. The zero-order valence-electron chi connectivity index (χ0n) is 13.5. The topological polar surface area (TPSA) is 105 Å². The van der Waals surface area contributed by atoms with Gasteiger partial charge in [0.05, 0.1) is 10.9 Å². The van der Waals surface area contributed by atoms with Crippen LogP contribution in [0.2, 0.25) is 0 Å². The smallest absolute Gasteiger partial charge is 0.263 e. The summed E-state index contributed by atoms with van der Waals surface area (Å²) >= 11 is 0. The standard InChI is InChI=1S/C17H15N7O/c1-9-3-2-4-11-12(9)16(25)24(10-5-6-10)17(22-11)23-8-21-13-14(18)19-7-20-15(13)23/h2-4,7-8,10H,5-6H2,1H3,(H2,18,19,20). The van der Waals surface area contributed by atoms with Crippen molar-refractivity contribution in [3.63, 3.8) is 0 Å². The Balaban J connectivity index is 1.91. The molecule has 124 valence electrons. The normalized spacial score (nSPS) is 14.4. The van der Waals surface area contributed by atoms with Crippen LogP contribution in [0.15, 0.2) is 35.6 Å². The quantitative estimate of drug-likeness (QED) is 0.599. The fourth-order valence-corrected chi connectivity index (χ4v) is 3.23. The SMILES string of the molecule is Cc1cccc2nc(-n3cnc4c(N)ncnc43)n(C3CC3)c(=O)c12. The van der Waals surface area contributed by atoms with Crippen molar-refractivity contribution in [3.8, 4) is 5.95 Å². The van der Waals surface area contributed by atoms with Gasteiger partial charge in [-0.3, -0.25) is 13.9 Å². The van der Waals surface area contributed by atoms with Crippen molar-refractivity contribution in [1.29, 1.82) is 0 Å². The summed E-state index contributed by atoms with van der Waals surface area (Å²) in [5.74, 6) is 0.826. The maximum absolute atomic E-state index is 13.2. The van der Waals surface area contributed by atoms with Gasteiger partial charge in [-0.2, -0.15) is 0 Å². The van der Waals surface area contributed by atoms with Crippen molar-refractivity contribution in [2.45, 2.75) is 25.8 Å². The number of anilines is 1. The van der Waals surface area contributed by atoms with Gasteiger partial charge in [0.2, 0.25) is 5.95 Å². The van der Waals surface area contributed by atoms with E-state index in [9.17, 15) is 4.79 Å². The summed E-state index contributed by atoms with van der Waals surface area (Å²) in [5.41, 5.74) is 8.50. The molecule has 1 aromatic carbocycles. The molecule has 25 heavy (non-hydrogen) atoms. The summed E-state index contributed by atoms with van der Waals surface area (Å²) in [4.78, 5) is 30.5. The van der Waals surface area contributed by atoms with E-state index in [2.05, 4.69) is 15.0 Å². The van der Waals surface area contributed by atoms with Gasteiger partial charge in [-0.1, -0.05) is 12.1 Å². The number of nitrogens with zero attached hydrogens (tertiary/aromatic N) is 6. The van der Waals surface area contributed by atoms with E-state index in [1.54, 1.807) is 15.5 Å². The average molecular weight is 333 g/mol. The molecule has 0 unspecified atom stereocenters. The van der Waals surface area contributed by atoms with Crippen LogP contribution in [0.25, 0.3) is 28.0 Å². The Morgan fingerprint density at radius 2 is 2.04 bits per heavy atom. The van der Waals surface area contributed by atoms with Crippen LogP contribution in [0.3, 0.4) is 0 Å². The van der Waals surface area contributed by atoms with Crippen molar-refractivity contribution in [3.05, 3.63) is 46.8 Å². The third-order valence-electron chi connectivity index (χ3n) is 4.61. The van der Waals surface area contributed by atoms with Gasteiger partial charge in [-0.05, 0) is 31.4 Å². The second-order valence-electron chi connectivity index (χ2n) is 6.33. The van der Waals surface area contributed by atoms with Gasteiger partial charge in [0, 0.05) is 6.04 Å². The lowest BCUT2D eigenvalue weighted by Gasteiger charge is -2.14. The summed E-state index contributed by atoms with van der Waals surface area (Å²) in [7, 11) is 0. The molecule has 1 aliphatic carbocycles. The van der Waals surface area contributed by atoms with Crippen LogP contribution in [0.4, 0.5) is 5.82 Å². The molecule has 0 aliphatic heterocycles. The molecular weight excluding hydrogens is 318 g/mol. The summed E-state index contributed by atoms with van der Waals surface area (Å²) in [6.45, 7) is 1.93. The number of rotatable bonds is 2. The molecule has 1 fully saturated rings. The van der Waals surface area contributed by atoms with Gasteiger partial charge in [0.25, 0.3) is 5.56 Å². The molecule has 0 atom stereocenters. The summed E-state index contributed by atoms with van der Waals surface area (Å²) in [5, 5.41) is 0.664. The first kappa shape index (κ1) is 14.1. The average Bonchev–Trinajstić information content (AvgIpc) is 3.33. The van der Waals surface area contributed by atoms with E-state index in [1.165, 1.54) is 6.33 Å². The lowest BCUT2D eigenvalue weighted by molar-refractivity contribution is 0.665. The third kappa shape index (κ3) is 1.97. The molecule has 0 radical (unpaired) electrons. The fourth-order valence-electron chi connectivity index (χ4n) is 3.23. The van der Waals surface area contributed by atoms with Gasteiger partial charge in [-0.25, -0.2) is 19.9 Å². The third-order valence-corrected chi connectivity index (χ3v) is 4.61. The molecule has 1 aliphatic rings. The molecule has 0 spiro atoms. The van der Waals surface area contributed by atoms with Crippen LogP contribution in [-0.4, -0.2) is 29.1 Å². The Morgan fingerprint density at radius 1 is 1.20 bits per heavy atom. The number of aryl methyl sites for hydroxylation is 1. The lowest BCUT2D eigenvalue weighted by Crippen LogP contribution is -2.25. The molecule has 1 saturated carbocycles. The van der Waals surface area contributed by atoms with Crippen LogP contribution in [0, 0.1) is 6.92 Å². The van der Waals surface area contributed by atoms with E-state index >= 15 is 0 Å². The number of aromatic nitrogens is 6. The maximum atomic E-state index is 13.2. The highest BCUT2D eigenvalue weighted by Crippen LogP contribution is 2.36. The summed E-state index contributed by atoms with van der Waals surface area (Å²) < 4.78 is 3.48. The van der Waals surface area contributed by atoms with E-state index in [0.29, 0.717) is 33.8 Å². The van der Waals surface area contributed by atoms with Gasteiger partial charge in [0.1, 0.15) is 12.7 Å². The van der Waals surface area contributed by atoms with Crippen molar-refractivity contribution < 1.29 is 0 Å². The fraction of sp³-hybridized carbons (Fsp3) is 0.235. The molecule has 2 N–H and O–H groups in total. The largest absolute Gasteiger partial charge is 0.382 e. The van der Waals surface area contributed by atoms with Crippen LogP contribution in [0.1, 0.15) is 24.4 Å². The number of hydrogen-bond acceptors (Lipinski definition) is 6. The van der Waals surface area contributed by atoms with Crippen molar-refractivity contribution in [1.82, 2.24) is 29.1 Å². The first-order valence-corrected chi connectivity index (χ1v) is 8.11. The maximum Gasteiger partial charge on any atom is 0.263 e. The molecule has 4 aromatic rings. The van der Waals surface area contributed by atoms with Crippen molar-refractivity contribution in [2.75, 3.05) is 5.73 Å². The monoisotopic (exact) mass is 333 g/mol. The number of nitrogen functional groups attached to an aromatic ring is 1. The van der Waals surface area contributed by atoms with Gasteiger partial charge >= 0.3 is 0 Å². The van der Waals surface area contributed by atoms with E-state index in [4.69, 9.17) is 10.7 Å². The minimum Gasteiger partial charge on any atom is -0.382 e. The first-order chi connectivity index (χ1) is 12.1. The molecule has 0 saturated heterocycles. The molecule has 8 heteroatoms. The zero-order valence-corrected chi connectivity index (χ0v) is 13.5. The van der Waals surface area contributed by atoms with Crippen molar-refractivity contribution in [2.24, 2.45) is 0 Å². The van der Waals surface area contributed by atoms with E-state index in [1.807, 2.05) is 25.1 Å². The summed E-state index contributed by atoms with van der Waals surface area (Å²) in [6.07, 6.45) is 4.92. The minimum atomic E-state index is -0.0236. The Labute approximate surface area is 142 Å². The number of nitrogens with two attached hydrogens (primary N) is 1. The van der Waals surface area contributed by atoms with Crippen molar-refractivity contribution >= 4 is 27.9 Å².